The highest BCUT2D eigenvalue weighted by Crippen LogP contribution is 2.23. The molecule has 0 aliphatic heterocycles. The molecule has 0 saturated heterocycles. The van der Waals surface area contributed by atoms with Crippen molar-refractivity contribution >= 4 is 5.97 Å². The van der Waals surface area contributed by atoms with Crippen LogP contribution in [0.4, 0.5) is 0 Å². The first-order chi connectivity index (χ1) is 10.4. The van der Waals surface area contributed by atoms with Crippen molar-refractivity contribution < 1.29 is 9.53 Å². The van der Waals surface area contributed by atoms with E-state index >= 15 is 0 Å². The topological polar surface area (TPSA) is 26.3 Å². The molecule has 0 fully saturated rings. The Bertz CT molecular complexity index is 289. The molecule has 0 N–H and O–H groups in total. The Hall–Kier alpha value is -0.790. The smallest absolute Gasteiger partial charge is 0.305 e. The highest BCUT2D eigenvalue weighted by molar-refractivity contribution is 5.69. The Kier molecular flexibility index (Phi) is 12.3. The maximum atomic E-state index is 11.5. The minimum Gasteiger partial charge on any atom is -0.462 e. The summed E-state index contributed by atoms with van der Waals surface area (Å²) < 4.78 is 5.55. The van der Waals surface area contributed by atoms with E-state index in [1.165, 1.54) is 38.5 Å². The standard InChI is InChI=1S/C20H38O2/c1-6-8-12-15-18(22-19(21)7-2)16-13-10-9-11-14-17-20(3,4)5/h6,18H,1,7-17H2,2-5H3. The normalized spacial score (nSPS) is 12.9. The minimum absolute atomic E-state index is 0.0613. The van der Waals surface area contributed by atoms with Crippen molar-refractivity contribution in [2.45, 2.75) is 104 Å². The summed E-state index contributed by atoms with van der Waals surface area (Å²) in [5.41, 5.74) is 0.463. The SMILES string of the molecule is C=CCCCC(CCCCCCCC(C)(C)C)OC(=O)CC. The van der Waals surface area contributed by atoms with Crippen LogP contribution in [0.25, 0.3) is 0 Å². The first kappa shape index (κ1) is 21.2. The summed E-state index contributed by atoms with van der Waals surface area (Å²) in [6.07, 6.45) is 14.3. The molecule has 22 heavy (non-hydrogen) atoms. The number of carbonyl (C=O) groups is 1. The van der Waals surface area contributed by atoms with Crippen LogP contribution >= 0.6 is 0 Å². The second-order valence-electron chi connectivity index (χ2n) is 7.55. The van der Waals surface area contributed by atoms with Gasteiger partial charge in [0.15, 0.2) is 0 Å². The van der Waals surface area contributed by atoms with Crippen LogP contribution in [0.5, 0.6) is 0 Å². The van der Waals surface area contributed by atoms with E-state index < -0.39 is 0 Å². The number of hydrogen-bond donors (Lipinski definition) is 0. The molecule has 2 nitrogen and oxygen atoms in total. The monoisotopic (exact) mass is 310 g/mol. The molecule has 0 aliphatic carbocycles. The summed E-state index contributed by atoms with van der Waals surface area (Å²) in [6.45, 7) is 12.5. The molecule has 0 amide bonds. The molecule has 0 bridgehead atoms. The first-order valence-electron chi connectivity index (χ1n) is 9.19. The molecule has 130 valence electrons. The van der Waals surface area contributed by atoms with Gasteiger partial charge in [0.2, 0.25) is 0 Å². The molecular weight excluding hydrogens is 272 g/mol. The van der Waals surface area contributed by atoms with Gasteiger partial charge in [-0.25, -0.2) is 0 Å². The molecular formula is C20H38O2. The van der Waals surface area contributed by atoms with Crippen LogP contribution in [-0.2, 0) is 9.53 Å². The molecule has 0 aromatic rings. The van der Waals surface area contributed by atoms with Crippen LogP contribution in [0.1, 0.15) is 98.3 Å². The van der Waals surface area contributed by atoms with Crippen molar-refractivity contribution in [3.8, 4) is 0 Å². The average molecular weight is 311 g/mol. The van der Waals surface area contributed by atoms with Crippen LogP contribution in [0.2, 0.25) is 0 Å². The fraction of sp³-hybridized carbons (Fsp3) is 0.850. The van der Waals surface area contributed by atoms with Crippen molar-refractivity contribution in [3.63, 3.8) is 0 Å². The molecule has 0 spiro atoms. The van der Waals surface area contributed by atoms with E-state index in [-0.39, 0.29) is 12.1 Å². The number of unbranched alkanes of at least 4 members (excludes halogenated alkanes) is 5. The molecule has 0 saturated carbocycles. The number of ether oxygens (including phenoxy) is 1. The van der Waals surface area contributed by atoms with Gasteiger partial charge in [-0.2, -0.15) is 0 Å². The quantitative estimate of drug-likeness (QED) is 0.222. The van der Waals surface area contributed by atoms with E-state index in [0.29, 0.717) is 11.8 Å². The molecule has 1 atom stereocenters. The fourth-order valence-electron chi connectivity index (χ4n) is 2.58. The maximum absolute atomic E-state index is 11.5. The van der Waals surface area contributed by atoms with Crippen molar-refractivity contribution in [2.75, 3.05) is 0 Å². The predicted octanol–water partition coefficient (Wildman–Crippen LogP) is 6.44. The molecule has 0 aromatic heterocycles. The van der Waals surface area contributed by atoms with Crippen LogP contribution in [0.15, 0.2) is 12.7 Å². The molecule has 1 unspecified atom stereocenters. The van der Waals surface area contributed by atoms with Gasteiger partial charge in [-0.1, -0.05) is 59.5 Å². The van der Waals surface area contributed by atoms with E-state index in [0.717, 1.165) is 25.7 Å². The van der Waals surface area contributed by atoms with E-state index in [4.69, 9.17) is 4.74 Å². The lowest BCUT2D eigenvalue weighted by molar-refractivity contribution is -0.149. The van der Waals surface area contributed by atoms with Crippen LogP contribution < -0.4 is 0 Å². The lowest BCUT2D eigenvalue weighted by Crippen LogP contribution is -2.17. The zero-order valence-electron chi connectivity index (χ0n) is 15.5. The van der Waals surface area contributed by atoms with E-state index in [1.54, 1.807) is 0 Å². The third-order valence-electron chi connectivity index (χ3n) is 3.97. The number of rotatable bonds is 13. The van der Waals surface area contributed by atoms with Crippen molar-refractivity contribution in [1.29, 1.82) is 0 Å². The van der Waals surface area contributed by atoms with Gasteiger partial charge in [-0.15, -0.1) is 6.58 Å². The fourth-order valence-corrected chi connectivity index (χ4v) is 2.58. The second kappa shape index (κ2) is 12.7. The van der Waals surface area contributed by atoms with Gasteiger partial charge in [0.25, 0.3) is 0 Å². The van der Waals surface area contributed by atoms with Crippen LogP contribution in [-0.4, -0.2) is 12.1 Å². The highest BCUT2D eigenvalue weighted by Gasteiger charge is 2.13. The summed E-state index contributed by atoms with van der Waals surface area (Å²) >= 11 is 0. The average Bonchev–Trinajstić information content (AvgIpc) is 2.44. The van der Waals surface area contributed by atoms with Crippen molar-refractivity contribution in [1.82, 2.24) is 0 Å². The Morgan fingerprint density at radius 1 is 1.05 bits per heavy atom. The molecule has 0 radical (unpaired) electrons. The van der Waals surface area contributed by atoms with Crippen molar-refractivity contribution in [3.05, 3.63) is 12.7 Å². The van der Waals surface area contributed by atoms with E-state index in [9.17, 15) is 4.79 Å². The van der Waals surface area contributed by atoms with Gasteiger partial charge < -0.3 is 4.74 Å². The number of carbonyl (C=O) groups excluding carboxylic acids is 1. The molecule has 0 heterocycles. The molecule has 2 heteroatoms. The Morgan fingerprint density at radius 2 is 1.64 bits per heavy atom. The summed E-state index contributed by atoms with van der Waals surface area (Å²) in [5, 5.41) is 0. The van der Waals surface area contributed by atoms with Gasteiger partial charge in [-0.05, 0) is 43.9 Å². The van der Waals surface area contributed by atoms with E-state index in [1.807, 2.05) is 13.0 Å². The lowest BCUT2D eigenvalue weighted by Gasteiger charge is -2.18. The van der Waals surface area contributed by atoms with E-state index in [2.05, 4.69) is 27.4 Å². The third-order valence-corrected chi connectivity index (χ3v) is 3.97. The molecule has 0 rings (SSSR count). The summed E-state index contributed by atoms with van der Waals surface area (Å²) in [7, 11) is 0. The molecule has 0 aromatic carbocycles. The van der Waals surface area contributed by atoms with Gasteiger partial charge in [0.05, 0.1) is 0 Å². The summed E-state index contributed by atoms with van der Waals surface area (Å²) in [6, 6.07) is 0. The van der Waals surface area contributed by atoms with Gasteiger partial charge in [0, 0.05) is 6.42 Å². The summed E-state index contributed by atoms with van der Waals surface area (Å²) in [5.74, 6) is -0.0613. The number of hydrogen-bond acceptors (Lipinski definition) is 2. The highest BCUT2D eigenvalue weighted by atomic mass is 16.5. The predicted molar refractivity (Wildman–Crippen MR) is 96.0 cm³/mol. The van der Waals surface area contributed by atoms with Gasteiger partial charge >= 0.3 is 5.97 Å². The Balaban J connectivity index is 3.77. The Labute approximate surface area is 138 Å². The number of esters is 1. The third kappa shape index (κ3) is 14.2. The second-order valence-corrected chi connectivity index (χ2v) is 7.55. The summed E-state index contributed by atoms with van der Waals surface area (Å²) in [4.78, 5) is 11.5. The maximum Gasteiger partial charge on any atom is 0.305 e. The zero-order valence-corrected chi connectivity index (χ0v) is 15.5. The Morgan fingerprint density at radius 3 is 2.23 bits per heavy atom. The first-order valence-corrected chi connectivity index (χ1v) is 9.19. The van der Waals surface area contributed by atoms with Crippen LogP contribution in [0.3, 0.4) is 0 Å². The minimum atomic E-state index is -0.0613. The zero-order chi connectivity index (χ0) is 16.8. The van der Waals surface area contributed by atoms with Gasteiger partial charge in [0.1, 0.15) is 6.10 Å². The number of allylic oxidation sites excluding steroid dienone is 1. The van der Waals surface area contributed by atoms with Gasteiger partial charge in [-0.3, -0.25) is 4.79 Å². The lowest BCUT2D eigenvalue weighted by atomic mass is 9.89. The molecule has 0 aliphatic rings. The van der Waals surface area contributed by atoms with Crippen LogP contribution in [0, 0.1) is 5.41 Å². The van der Waals surface area contributed by atoms with Crippen molar-refractivity contribution in [2.24, 2.45) is 5.41 Å². The largest absolute Gasteiger partial charge is 0.462 e.